The smallest absolute Gasteiger partial charge is 0.0113 e. The fourth-order valence-corrected chi connectivity index (χ4v) is 3.44. The number of aryl methyl sites for hydroxylation is 1. The average molecular weight is 229 g/mol. The van der Waals surface area contributed by atoms with E-state index in [-0.39, 0.29) is 0 Å². The molecule has 0 aliphatic heterocycles. The molecule has 0 bridgehead atoms. The molecule has 0 spiro atoms. The van der Waals surface area contributed by atoms with Crippen molar-refractivity contribution in [1.82, 2.24) is 5.32 Å². The summed E-state index contributed by atoms with van der Waals surface area (Å²) < 4.78 is 0. The normalized spacial score (nSPS) is 25.5. The molecule has 1 saturated carbocycles. The summed E-state index contributed by atoms with van der Waals surface area (Å²) in [6, 6.07) is 10.5. The van der Waals surface area contributed by atoms with Crippen molar-refractivity contribution in [2.45, 2.75) is 63.5 Å². The molecule has 0 saturated heterocycles. The van der Waals surface area contributed by atoms with Gasteiger partial charge in [-0.25, -0.2) is 0 Å². The Kier molecular flexibility index (Phi) is 3.46. The number of fused-ring (bicyclic) bond motifs is 1. The molecule has 0 amide bonds. The number of benzene rings is 1. The van der Waals surface area contributed by atoms with Crippen LogP contribution in [-0.4, -0.2) is 12.1 Å². The van der Waals surface area contributed by atoms with Gasteiger partial charge in [-0.15, -0.1) is 0 Å². The van der Waals surface area contributed by atoms with Gasteiger partial charge in [-0.05, 0) is 43.2 Å². The van der Waals surface area contributed by atoms with Gasteiger partial charge >= 0.3 is 0 Å². The van der Waals surface area contributed by atoms with Gasteiger partial charge in [-0.2, -0.15) is 0 Å². The van der Waals surface area contributed by atoms with Gasteiger partial charge in [0, 0.05) is 12.1 Å². The minimum absolute atomic E-state index is 0.730. The van der Waals surface area contributed by atoms with E-state index in [1.54, 1.807) is 11.1 Å². The second-order valence-electron chi connectivity index (χ2n) is 5.71. The van der Waals surface area contributed by atoms with E-state index in [0.717, 1.165) is 12.1 Å². The van der Waals surface area contributed by atoms with Crippen LogP contribution in [0.5, 0.6) is 0 Å². The Balaban J connectivity index is 1.60. The maximum Gasteiger partial charge on any atom is 0.0113 e. The molecule has 0 heterocycles. The van der Waals surface area contributed by atoms with Gasteiger partial charge < -0.3 is 5.32 Å². The zero-order valence-electron chi connectivity index (χ0n) is 10.6. The lowest BCUT2D eigenvalue weighted by Gasteiger charge is -2.31. The molecule has 17 heavy (non-hydrogen) atoms. The van der Waals surface area contributed by atoms with Crippen LogP contribution in [0.4, 0.5) is 0 Å². The molecule has 92 valence electrons. The van der Waals surface area contributed by atoms with Crippen LogP contribution >= 0.6 is 0 Å². The molecule has 2 aliphatic rings. The fourth-order valence-electron chi connectivity index (χ4n) is 3.44. The third-order valence-electron chi connectivity index (χ3n) is 4.42. The van der Waals surface area contributed by atoms with E-state index in [2.05, 4.69) is 29.6 Å². The van der Waals surface area contributed by atoms with Crippen molar-refractivity contribution in [3.8, 4) is 0 Å². The van der Waals surface area contributed by atoms with Crippen molar-refractivity contribution < 1.29 is 0 Å². The van der Waals surface area contributed by atoms with Crippen molar-refractivity contribution in [2.24, 2.45) is 0 Å². The summed E-state index contributed by atoms with van der Waals surface area (Å²) in [6.45, 7) is 0. The standard InChI is InChI=1S/C16H23N/c1-2-8-15(9-3-1)17-16-11-10-13-6-4-5-7-14(13)12-16/h4-7,15-17H,1-3,8-12H2. The molecule has 1 atom stereocenters. The Morgan fingerprint density at radius 2 is 1.59 bits per heavy atom. The Hall–Kier alpha value is -0.820. The lowest BCUT2D eigenvalue weighted by atomic mass is 9.87. The Labute approximate surface area is 105 Å². The Morgan fingerprint density at radius 1 is 0.824 bits per heavy atom. The summed E-state index contributed by atoms with van der Waals surface area (Å²) in [7, 11) is 0. The van der Waals surface area contributed by atoms with Gasteiger partial charge in [0.2, 0.25) is 0 Å². The number of rotatable bonds is 2. The third kappa shape index (κ3) is 2.71. The molecule has 0 radical (unpaired) electrons. The predicted molar refractivity (Wildman–Crippen MR) is 72.3 cm³/mol. The molecule has 0 aromatic heterocycles. The second kappa shape index (κ2) is 5.22. The summed E-state index contributed by atoms with van der Waals surface area (Å²) in [4.78, 5) is 0. The molecular formula is C16H23N. The third-order valence-corrected chi connectivity index (χ3v) is 4.42. The van der Waals surface area contributed by atoms with Crippen LogP contribution in [0.1, 0.15) is 49.7 Å². The monoisotopic (exact) mass is 229 g/mol. The first-order valence-corrected chi connectivity index (χ1v) is 7.24. The average Bonchev–Trinajstić information content (AvgIpc) is 2.40. The molecule has 1 aromatic rings. The first-order valence-electron chi connectivity index (χ1n) is 7.24. The van der Waals surface area contributed by atoms with Gasteiger partial charge in [0.05, 0.1) is 0 Å². The van der Waals surface area contributed by atoms with Gasteiger partial charge in [0.1, 0.15) is 0 Å². The lowest BCUT2D eigenvalue weighted by molar-refractivity contribution is 0.320. The van der Waals surface area contributed by atoms with E-state index in [1.165, 1.54) is 51.4 Å². The quantitative estimate of drug-likeness (QED) is 0.819. The van der Waals surface area contributed by atoms with Crippen molar-refractivity contribution in [3.63, 3.8) is 0 Å². The molecule has 1 N–H and O–H groups in total. The largest absolute Gasteiger partial charge is 0.311 e. The summed E-state index contributed by atoms with van der Waals surface area (Å²) in [5, 5.41) is 3.90. The molecule has 3 rings (SSSR count). The number of hydrogen-bond donors (Lipinski definition) is 1. The minimum atomic E-state index is 0.730. The van der Waals surface area contributed by atoms with Crippen LogP contribution < -0.4 is 5.32 Å². The zero-order chi connectivity index (χ0) is 11.5. The van der Waals surface area contributed by atoms with E-state index in [9.17, 15) is 0 Å². The molecular weight excluding hydrogens is 206 g/mol. The van der Waals surface area contributed by atoms with Gasteiger partial charge in [0.25, 0.3) is 0 Å². The van der Waals surface area contributed by atoms with E-state index in [0.29, 0.717) is 0 Å². The Bertz CT molecular complexity index is 366. The van der Waals surface area contributed by atoms with E-state index in [1.807, 2.05) is 0 Å². The highest BCUT2D eigenvalue weighted by Gasteiger charge is 2.21. The molecule has 1 aromatic carbocycles. The van der Waals surface area contributed by atoms with Crippen LogP contribution in [0.2, 0.25) is 0 Å². The zero-order valence-corrected chi connectivity index (χ0v) is 10.6. The van der Waals surface area contributed by atoms with Gasteiger partial charge in [0.15, 0.2) is 0 Å². The fraction of sp³-hybridized carbons (Fsp3) is 0.625. The van der Waals surface area contributed by atoms with Crippen LogP contribution in [0.15, 0.2) is 24.3 Å². The molecule has 2 aliphatic carbocycles. The highest BCUT2D eigenvalue weighted by molar-refractivity contribution is 5.30. The molecule has 1 fully saturated rings. The van der Waals surface area contributed by atoms with Crippen LogP contribution in [0.25, 0.3) is 0 Å². The highest BCUT2D eigenvalue weighted by atomic mass is 14.9. The van der Waals surface area contributed by atoms with E-state index in [4.69, 9.17) is 0 Å². The molecule has 1 heteroatoms. The molecule has 1 nitrogen and oxygen atoms in total. The maximum absolute atomic E-state index is 3.90. The summed E-state index contributed by atoms with van der Waals surface area (Å²) >= 11 is 0. The van der Waals surface area contributed by atoms with Crippen molar-refractivity contribution >= 4 is 0 Å². The van der Waals surface area contributed by atoms with E-state index >= 15 is 0 Å². The number of hydrogen-bond acceptors (Lipinski definition) is 1. The minimum Gasteiger partial charge on any atom is -0.311 e. The van der Waals surface area contributed by atoms with Crippen molar-refractivity contribution in [3.05, 3.63) is 35.4 Å². The van der Waals surface area contributed by atoms with Crippen molar-refractivity contribution in [1.29, 1.82) is 0 Å². The summed E-state index contributed by atoms with van der Waals surface area (Å²) in [5.41, 5.74) is 3.15. The summed E-state index contributed by atoms with van der Waals surface area (Å²) in [5.74, 6) is 0. The number of nitrogens with one attached hydrogen (secondary N) is 1. The van der Waals surface area contributed by atoms with Crippen LogP contribution in [0, 0.1) is 0 Å². The second-order valence-corrected chi connectivity index (χ2v) is 5.71. The topological polar surface area (TPSA) is 12.0 Å². The first-order chi connectivity index (χ1) is 8.42. The highest BCUT2D eigenvalue weighted by Crippen LogP contribution is 2.24. The lowest BCUT2D eigenvalue weighted by Crippen LogP contribution is -2.42. The van der Waals surface area contributed by atoms with Gasteiger partial charge in [-0.3, -0.25) is 0 Å². The van der Waals surface area contributed by atoms with Crippen molar-refractivity contribution in [2.75, 3.05) is 0 Å². The SMILES string of the molecule is c1ccc2c(c1)CCC(NC1CCCCC1)C2. The van der Waals surface area contributed by atoms with Crippen LogP contribution in [0.3, 0.4) is 0 Å². The molecule has 1 unspecified atom stereocenters. The van der Waals surface area contributed by atoms with Crippen LogP contribution in [-0.2, 0) is 12.8 Å². The predicted octanol–water partition coefficient (Wildman–Crippen LogP) is 3.47. The van der Waals surface area contributed by atoms with Gasteiger partial charge in [-0.1, -0.05) is 43.5 Å². The summed E-state index contributed by atoms with van der Waals surface area (Å²) in [6.07, 6.45) is 10.9. The first kappa shape index (κ1) is 11.3. The maximum atomic E-state index is 3.90. The van der Waals surface area contributed by atoms with E-state index < -0.39 is 0 Å². The Morgan fingerprint density at radius 3 is 2.41 bits per heavy atom.